The topological polar surface area (TPSA) is 59.1 Å². The van der Waals surface area contributed by atoms with Gasteiger partial charge in [0.2, 0.25) is 0 Å². The number of ether oxygens (including phenoxy) is 1. The number of anilines is 1. The maximum absolute atomic E-state index is 14.5. The van der Waals surface area contributed by atoms with E-state index >= 15 is 0 Å². The summed E-state index contributed by atoms with van der Waals surface area (Å²) in [5, 5.41) is 1.57. The minimum atomic E-state index is -0.747. The van der Waals surface area contributed by atoms with Crippen molar-refractivity contribution in [1.29, 1.82) is 0 Å². The Balaban J connectivity index is 1.61. The molecular weight excluding hydrogens is 363 g/mol. The van der Waals surface area contributed by atoms with E-state index in [-0.39, 0.29) is 23.2 Å². The molecule has 0 aromatic heterocycles. The lowest BCUT2D eigenvalue weighted by Gasteiger charge is -2.19. The van der Waals surface area contributed by atoms with E-state index in [0.717, 1.165) is 23.8 Å². The molecule has 2 amide bonds. The van der Waals surface area contributed by atoms with Crippen LogP contribution in [0.15, 0.2) is 35.6 Å². The van der Waals surface area contributed by atoms with Gasteiger partial charge in [0.25, 0.3) is 11.8 Å². The summed E-state index contributed by atoms with van der Waals surface area (Å²) in [6, 6.07) is 2.34. The molecule has 0 unspecified atom stereocenters. The quantitative estimate of drug-likeness (QED) is 0.752. The van der Waals surface area contributed by atoms with E-state index in [1.54, 1.807) is 6.08 Å². The van der Waals surface area contributed by atoms with E-state index < -0.39 is 17.6 Å². The highest BCUT2D eigenvalue weighted by atomic mass is 35.5. The second kappa shape index (κ2) is 6.74. The Kier molecular flexibility index (Phi) is 4.42. The van der Waals surface area contributed by atoms with Crippen molar-refractivity contribution in [3.05, 3.63) is 46.5 Å². The molecule has 26 heavy (non-hydrogen) atoms. The number of imide groups is 1. The molecule has 1 aromatic rings. The van der Waals surface area contributed by atoms with Crippen molar-refractivity contribution >= 4 is 29.1 Å². The molecule has 136 valence electrons. The van der Waals surface area contributed by atoms with Crippen LogP contribution in [0.1, 0.15) is 25.7 Å². The smallest absolute Gasteiger partial charge is 0.261 e. The summed E-state index contributed by atoms with van der Waals surface area (Å²) in [7, 11) is 0. The lowest BCUT2D eigenvalue weighted by molar-refractivity contribution is -0.120. The molecule has 0 spiro atoms. The molecule has 0 bridgehead atoms. The lowest BCUT2D eigenvalue weighted by atomic mass is 9.93. The van der Waals surface area contributed by atoms with Crippen LogP contribution in [0.25, 0.3) is 0 Å². The first kappa shape index (κ1) is 17.1. The van der Waals surface area contributed by atoms with Crippen LogP contribution in [0, 0.1) is 5.82 Å². The molecule has 1 aliphatic carbocycles. The van der Waals surface area contributed by atoms with Gasteiger partial charge in [0, 0.05) is 17.2 Å². The zero-order valence-corrected chi connectivity index (χ0v) is 14.6. The number of carbonyl (C=O) groups is 2. The maximum atomic E-state index is 14.5. The van der Waals surface area contributed by atoms with Crippen molar-refractivity contribution in [3.8, 4) is 5.75 Å². The fourth-order valence-electron chi connectivity index (χ4n) is 3.32. The number of hydroxylamine groups is 2. The third kappa shape index (κ3) is 2.87. The van der Waals surface area contributed by atoms with E-state index in [9.17, 15) is 14.0 Å². The van der Waals surface area contributed by atoms with E-state index in [1.807, 2.05) is 0 Å². The maximum Gasteiger partial charge on any atom is 0.261 e. The van der Waals surface area contributed by atoms with E-state index in [1.165, 1.54) is 17.4 Å². The Bertz CT molecular complexity index is 816. The van der Waals surface area contributed by atoms with Crippen molar-refractivity contribution in [2.45, 2.75) is 25.7 Å². The van der Waals surface area contributed by atoms with Gasteiger partial charge in [0.15, 0.2) is 6.73 Å². The largest absolute Gasteiger partial charge is 0.473 e. The molecule has 4 rings (SSSR count). The Hall–Kier alpha value is -2.38. The first-order valence-corrected chi connectivity index (χ1v) is 8.73. The first-order chi connectivity index (χ1) is 12.6. The molecule has 2 heterocycles. The molecule has 8 heteroatoms. The van der Waals surface area contributed by atoms with Crippen molar-refractivity contribution in [3.63, 3.8) is 0 Å². The van der Waals surface area contributed by atoms with Crippen molar-refractivity contribution in [2.24, 2.45) is 0 Å². The predicted octanol–water partition coefficient (Wildman–Crippen LogP) is 3.32. The first-order valence-electron chi connectivity index (χ1n) is 8.35. The van der Waals surface area contributed by atoms with Gasteiger partial charge >= 0.3 is 0 Å². The molecule has 3 aliphatic rings. The van der Waals surface area contributed by atoms with Crippen LogP contribution in [-0.4, -0.2) is 30.2 Å². The third-order valence-corrected chi connectivity index (χ3v) is 4.91. The fraction of sp³-hybridized carbons (Fsp3) is 0.333. The van der Waals surface area contributed by atoms with Gasteiger partial charge in [-0.15, -0.1) is 5.06 Å². The zero-order valence-electron chi connectivity index (χ0n) is 13.8. The molecule has 0 fully saturated rings. The number of hydrogen-bond acceptors (Lipinski definition) is 5. The number of benzene rings is 1. The molecule has 1 aromatic carbocycles. The van der Waals surface area contributed by atoms with Crippen LogP contribution in [-0.2, 0) is 14.4 Å². The normalized spacial score (nSPS) is 20.0. The van der Waals surface area contributed by atoms with Gasteiger partial charge < -0.3 is 9.57 Å². The number of carbonyl (C=O) groups excluding carboxylic acids is 2. The van der Waals surface area contributed by atoms with Crippen LogP contribution >= 0.6 is 11.6 Å². The average molecular weight is 379 g/mol. The number of hydrogen-bond donors (Lipinski definition) is 0. The van der Waals surface area contributed by atoms with Crippen molar-refractivity contribution in [2.75, 3.05) is 18.2 Å². The van der Waals surface area contributed by atoms with E-state index in [0.29, 0.717) is 30.5 Å². The number of amides is 2. The highest BCUT2D eigenvalue weighted by Gasteiger charge is 2.41. The Morgan fingerprint density at radius 1 is 1.15 bits per heavy atom. The van der Waals surface area contributed by atoms with Crippen LogP contribution in [0.4, 0.5) is 10.1 Å². The summed E-state index contributed by atoms with van der Waals surface area (Å²) in [5.74, 6) is -1.49. The summed E-state index contributed by atoms with van der Waals surface area (Å²) in [6.07, 6.45) is 6.14. The molecular formula is C18H16ClFN2O4. The number of nitrogens with zero attached hydrogens (tertiary/aromatic N) is 2. The molecule has 0 radical (unpaired) electrons. The lowest BCUT2D eigenvalue weighted by Crippen LogP contribution is -2.32. The van der Waals surface area contributed by atoms with Gasteiger partial charge in [0.1, 0.15) is 17.8 Å². The third-order valence-electron chi connectivity index (χ3n) is 4.61. The molecule has 0 saturated carbocycles. The van der Waals surface area contributed by atoms with Gasteiger partial charge in [-0.2, -0.15) is 0 Å². The molecule has 0 saturated heterocycles. The van der Waals surface area contributed by atoms with E-state index in [4.69, 9.17) is 21.2 Å². The van der Waals surface area contributed by atoms with Gasteiger partial charge in [-0.25, -0.2) is 9.29 Å². The molecule has 0 N–H and O–H groups in total. The van der Waals surface area contributed by atoms with Crippen molar-refractivity contribution < 1.29 is 23.6 Å². The zero-order chi connectivity index (χ0) is 18.3. The van der Waals surface area contributed by atoms with Crippen LogP contribution in [0.3, 0.4) is 0 Å². The monoisotopic (exact) mass is 378 g/mol. The minimum absolute atomic E-state index is 0.0511. The van der Waals surface area contributed by atoms with Gasteiger partial charge in [-0.3, -0.25) is 9.59 Å². The summed E-state index contributed by atoms with van der Waals surface area (Å²) in [5.41, 5.74) is 0.846. The van der Waals surface area contributed by atoms with Crippen LogP contribution < -0.4 is 9.64 Å². The Labute approximate surface area is 154 Å². The predicted molar refractivity (Wildman–Crippen MR) is 91.8 cm³/mol. The SMILES string of the molecule is O=C1C2=C(CCCC2)C(=O)N1c1cc(OCN2CC=CO2)c(Cl)cc1F. The standard InChI is InChI=1S/C18H16ClFN2O4/c19-13-8-14(20)15(9-16(13)25-10-21-6-3-7-26-21)22-17(23)11-4-1-2-5-12(11)18(22)24/h3,7-9H,1-2,4-6,10H2. The van der Waals surface area contributed by atoms with Crippen LogP contribution in [0.2, 0.25) is 5.02 Å². The Morgan fingerprint density at radius 3 is 2.46 bits per heavy atom. The highest BCUT2D eigenvalue weighted by molar-refractivity contribution is 6.34. The van der Waals surface area contributed by atoms with E-state index in [2.05, 4.69) is 0 Å². The molecule has 6 nitrogen and oxygen atoms in total. The van der Waals surface area contributed by atoms with Gasteiger partial charge in [0.05, 0.1) is 17.3 Å². The summed E-state index contributed by atoms with van der Waals surface area (Å²) in [6.45, 7) is 0.611. The number of rotatable bonds is 4. The summed E-state index contributed by atoms with van der Waals surface area (Å²) in [4.78, 5) is 31.3. The average Bonchev–Trinajstić information content (AvgIpc) is 3.23. The summed E-state index contributed by atoms with van der Waals surface area (Å²) >= 11 is 6.05. The molecule has 0 atom stereocenters. The second-order valence-electron chi connectivity index (χ2n) is 6.26. The number of halogens is 2. The Morgan fingerprint density at radius 2 is 1.85 bits per heavy atom. The fourth-order valence-corrected chi connectivity index (χ4v) is 3.52. The second-order valence-corrected chi connectivity index (χ2v) is 6.67. The molecule has 2 aliphatic heterocycles. The highest BCUT2D eigenvalue weighted by Crippen LogP contribution is 2.39. The minimum Gasteiger partial charge on any atom is -0.473 e. The van der Waals surface area contributed by atoms with Gasteiger partial charge in [-0.05, 0) is 37.8 Å². The van der Waals surface area contributed by atoms with Crippen molar-refractivity contribution in [1.82, 2.24) is 5.06 Å². The summed E-state index contributed by atoms with van der Waals surface area (Å²) < 4.78 is 20.1. The van der Waals surface area contributed by atoms with Gasteiger partial charge in [-0.1, -0.05) is 11.6 Å². The van der Waals surface area contributed by atoms with Crippen LogP contribution in [0.5, 0.6) is 5.75 Å².